The molecular weight excluding hydrogens is 654 g/mol. The molecule has 0 saturated heterocycles. The normalized spacial score (nSPS) is 21.7. The van der Waals surface area contributed by atoms with Gasteiger partial charge < -0.3 is 40.1 Å². The molecule has 0 radical (unpaired) electrons. The van der Waals surface area contributed by atoms with E-state index in [1.165, 1.54) is 0 Å². The van der Waals surface area contributed by atoms with Crippen LogP contribution in [0.25, 0.3) is 0 Å². The van der Waals surface area contributed by atoms with Crippen LogP contribution < -0.4 is 9.47 Å². The van der Waals surface area contributed by atoms with E-state index in [1.807, 2.05) is 0 Å². The first-order valence-electron chi connectivity index (χ1n) is 22.8. The molecule has 0 aromatic heterocycles. The first-order chi connectivity index (χ1) is 30.5. The van der Waals surface area contributed by atoms with E-state index >= 15 is 0 Å². The fraction of sp³-hybridized carbons (Fsp3) is 0.571. The van der Waals surface area contributed by atoms with Crippen LogP contribution in [-0.4, -0.2) is 83.3 Å². The number of aliphatic hydroxyl groups is 6. The summed E-state index contributed by atoms with van der Waals surface area (Å²) in [5.41, 5.74) is 0. The number of hydrogen-bond acceptors (Lipinski definition) is 8. The third-order valence-corrected chi connectivity index (χ3v) is 3.61. The first kappa shape index (κ1) is 18.0. The summed E-state index contributed by atoms with van der Waals surface area (Å²) in [5.74, 6) is -28.4. The van der Waals surface area contributed by atoms with Crippen LogP contribution in [0.5, 0.6) is 11.5 Å². The van der Waals surface area contributed by atoms with E-state index in [1.54, 1.807) is 0 Å². The van der Waals surface area contributed by atoms with Crippen LogP contribution in [-0.2, 0) is 0 Å². The summed E-state index contributed by atoms with van der Waals surface area (Å²) in [7, 11) is 0. The van der Waals surface area contributed by atoms with E-state index in [2.05, 4.69) is 9.47 Å². The maximum Gasteiger partial charge on any atom is 0.206 e. The van der Waals surface area contributed by atoms with Crippen molar-refractivity contribution in [2.75, 3.05) is 52.7 Å². The van der Waals surface area contributed by atoms with E-state index in [-0.39, 0.29) is 0 Å². The van der Waals surface area contributed by atoms with Gasteiger partial charge in [0, 0.05) is 61.4 Å². The van der Waals surface area contributed by atoms with Crippen molar-refractivity contribution in [2.45, 2.75) is 51.0 Å². The third kappa shape index (κ3) is 16.6. The lowest BCUT2D eigenvalue weighted by Crippen LogP contribution is -2.08. The molecule has 0 saturated carbocycles. The van der Waals surface area contributed by atoms with Crippen LogP contribution >= 0.6 is 0 Å². The van der Waals surface area contributed by atoms with Gasteiger partial charge in [0.25, 0.3) is 0 Å². The Bertz CT molecular complexity index is 2010. The zero-order valence-corrected chi connectivity index (χ0v) is 22.1. The van der Waals surface area contributed by atoms with Crippen LogP contribution in [0.3, 0.4) is 0 Å². The fourth-order valence-corrected chi connectivity index (χ4v) is 1.90. The molecule has 2 aromatic carbocycles. The van der Waals surface area contributed by atoms with Crippen LogP contribution in [0, 0.1) is 58.2 Å². The van der Waals surface area contributed by atoms with Gasteiger partial charge in [-0.15, -0.1) is 0 Å². The second kappa shape index (κ2) is 27.2. The lowest BCUT2D eigenvalue weighted by molar-refractivity contribution is 0.233. The summed E-state index contributed by atoms with van der Waals surface area (Å²) in [5, 5.41) is 51.7. The number of halogens is 10. The highest BCUT2D eigenvalue weighted by Crippen LogP contribution is 2.30. The molecule has 8 nitrogen and oxygen atoms in total. The molecule has 0 aliphatic carbocycles. The number of ether oxygens (including phenoxy) is 2. The smallest absolute Gasteiger partial charge is 0.206 e. The predicted octanol–water partition coefficient (Wildman–Crippen LogP) is 4.57. The minimum absolute atomic E-state index is 0.930. The molecule has 0 atom stereocenters. The van der Waals surface area contributed by atoms with E-state index in [0.29, 0.717) is 0 Å². The topological polar surface area (TPSA) is 140 Å². The maximum atomic E-state index is 13.5. The zero-order valence-electron chi connectivity index (χ0n) is 46.1. The van der Waals surface area contributed by atoms with Gasteiger partial charge in [0.2, 0.25) is 58.2 Å². The average molecular weight is 717 g/mol. The minimum atomic E-state index is -4.18. The number of benzene rings is 2. The zero-order chi connectivity index (χ0) is 57.2. The summed E-state index contributed by atoms with van der Waals surface area (Å²) in [4.78, 5) is 0. The Hall–Kier alpha value is -2.90. The Labute approximate surface area is 292 Å². The minimum Gasteiger partial charge on any atom is -0.487 e. The SMILES string of the molecule is [2H]C([2H])(CO)C([2H])([2H])CO.[2H]C([2H])(CO)C([2H])([2H])COc1c(F)c(F)c(F)c(F)c1F.[2H]C([2H])(O)C([2H])([2H])C([2H])([2H])C([2H])([2H])O.[2H]C([2H])(O)C([2H])([2H])C([2H])([2H])C([2H])([2H])Oc1c(F)c(F)c(F)c(F)c1F. The third-order valence-electron chi connectivity index (χ3n) is 3.61. The second-order valence-corrected chi connectivity index (χ2v) is 6.31. The van der Waals surface area contributed by atoms with Gasteiger partial charge in [-0.05, 0) is 51.0 Å². The standard InChI is InChI=1S/2C10H9F5O2.2C4H10O2/c2*11-5-6(12)8(14)10(9(15)7(5)13)17-4-2-1-3-16;2*5-3-1-2-4-6/h2*16H,1-4H2;2*5-6H,1-4H2/i1D2,2D2,3D2,4D2;1D2,2D2;1D2,2D2,3D2,4D2;1D2,2D2. The van der Waals surface area contributed by atoms with Crippen molar-refractivity contribution in [2.24, 2.45) is 0 Å². The number of aliphatic hydroxyl groups excluding tert-OH is 3. The highest BCUT2D eigenvalue weighted by atomic mass is 19.2. The van der Waals surface area contributed by atoms with Crippen LogP contribution in [0.2, 0.25) is 0 Å². The predicted molar refractivity (Wildman–Crippen MR) is 143 cm³/mol. The highest BCUT2D eigenvalue weighted by molar-refractivity contribution is 5.30. The van der Waals surface area contributed by atoms with Crippen LogP contribution in [0.4, 0.5) is 43.9 Å². The van der Waals surface area contributed by atoms with Crippen molar-refractivity contribution in [3.8, 4) is 11.5 Å². The number of hydrogen-bond donors (Lipinski definition) is 6. The van der Waals surface area contributed by atoms with Crippen molar-refractivity contribution < 1.29 is 117 Å². The van der Waals surface area contributed by atoms with Crippen LogP contribution in [0.15, 0.2) is 0 Å². The Kier molecular flexibility index (Phi) is 10.7. The molecule has 0 fully saturated rings. The van der Waals surface area contributed by atoms with E-state index in [9.17, 15) is 43.9 Å². The molecule has 2 aromatic rings. The Balaban J connectivity index is 0. The average Bonchev–Trinajstić information content (AvgIpc) is 3.21. The molecule has 2 rings (SSSR count). The summed E-state index contributed by atoms with van der Waals surface area (Å²) >= 11 is 0. The molecule has 6 N–H and O–H groups in total. The largest absolute Gasteiger partial charge is 0.487 e. The molecule has 0 spiro atoms. The van der Waals surface area contributed by atoms with E-state index < -0.39 is 173 Å². The van der Waals surface area contributed by atoms with Crippen molar-refractivity contribution in [3.63, 3.8) is 0 Å². The van der Waals surface area contributed by atoms with Crippen molar-refractivity contribution in [1.82, 2.24) is 0 Å². The van der Waals surface area contributed by atoms with Gasteiger partial charge in [-0.2, -0.15) is 17.6 Å². The summed E-state index contributed by atoms with van der Waals surface area (Å²) in [6.07, 6.45) is -25.9. The van der Waals surface area contributed by atoms with Gasteiger partial charge in [-0.25, -0.2) is 26.3 Å². The number of rotatable bonds is 16. The summed E-state index contributed by atoms with van der Waals surface area (Å²) in [6, 6.07) is 0. The van der Waals surface area contributed by atoms with Gasteiger partial charge in [-0.3, -0.25) is 0 Å². The lowest BCUT2D eigenvalue weighted by Gasteiger charge is -2.09. The van der Waals surface area contributed by atoms with Gasteiger partial charge in [0.1, 0.15) is 0 Å². The molecule has 46 heavy (non-hydrogen) atoms. The molecule has 0 aliphatic heterocycles. The van der Waals surface area contributed by atoms with Gasteiger partial charge in [0.15, 0.2) is 11.5 Å². The molecule has 0 bridgehead atoms. The Morgan fingerprint density at radius 2 is 0.652 bits per heavy atom. The molecule has 0 heterocycles. The summed E-state index contributed by atoms with van der Waals surface area (Å²) in [6.45, 7) is -19.9. The molecule has 0 unspecified atom stereocenters. The molecular formula is C28H38F10O8. The van der Waals surface area contributed by atoms with E-state index in [4.69, 9.17) is 63.5 Å². The van der Waals surface area contributed by atoms with Crippen molar-refractivity contribution in [3.05, 3.63) is 58.2 Å². The molecule has 268 valence electrons. The quantitative estimate of drug-likeness (QED) is 0.0845. The monoisotopic (exact) mass is 716 g/mol. The lowest BCUT2D eigenvalue weighted by atomic mass is 10.2. The fourth-order valence-electron chi connectivity index (χ4n) is 1.90. The first-order valence-corrected chi connectivity index (χ1v) is 10.8. The highest BCUT2D eigenvalue weighted by Gasteiger charge is 2.28. The second-order valence-electron chi connectivity index (χ2n) is 6.31. The Morgan fingerprint density at radius 1 is 0.370 bits per heavy atom. The maximum absolute atomic E-state index is 13.5. The summed E-state index contributed by atoms with van der Waals surface area (Å²) < 4.78 is 307. The molecule has 18 heteroatoms. The molecule has 0 amide bonds. The van der Waals surface area contributed by atoms with Gasteiger partial charge in [-0.1, -0.05) is 0 Å². The van der Waals surface area contributed by atoms with Crippen molar-refractivity contribution >= 4 is 0 Å². The van der Waals surface area contributed by atoms with Gasteiger partial charge in [0.05, 0.1) is 24.1 Å². The van der Waals surface area contributed by atoms with Crippen LogP contribution in [0.1, 0.15) is 83.9 Å². The van der Waals surface area contributed by atoms with Crippen molar-refractivity contribution in [1.29, 1.82) is 0 Å². The Morgan fingerprint density at radius 3 is 0.978 bits per heavy atom. The van der Waals surface area contributed by atoms with Gasteiger partial charge >= 0.3 is 0 Å². The molecule has 0 aliphatic rings. The van der Waals surface area contributed by atoms with E-state index in [0.717, 1.165) is 0 Å².